The van der Waals surface area contributed by atoms with Crippen LogP contribution in [0.15, 0.2) is 18.3 Å². The molecule has 0 radical (unpaired) electrons. The van der Waals surface area contributed by atoms with Crippen molar-refractivity contribution in [3.63, 3.8) is 0 Å². The molecule has 4 nitrogen and oxygen atoms in total. The molecular weight excluding hydrogens is 223 g/mol. The summed E-state index contributed by atoms with van der Waals surface area (Å²) in [7, 11) is 0. The van der Waals surface area contributed by atoms with Gasteiger partial charge in [0.2, 0.25) is 0 Å². The Labute approximate surface area is 98.8 Å². The quantitative estimate of drug-likeness (QED) is 0.797. The molecule has 5 heteroatoms. The molecule has 1 saturated heterocycles. The number of nitrogens with zero attached hydrogens (tertiary/aromatic N) is 1. The maximum Gasteiger partial charge on any atom is 0.250 e. The Morgan fingerprint density at radius 3 is 3.24 bits per heavy atom. The van der Waals surface area contributed by atoms with Crippen LogP contribution in [0.4, 0.5) is 4.39 Å². The lowest BCUT2D eigenvalue weighted by atomic mass is 9.95. The van der Waals surface area contributed by atoms with Crippen LogP contribution in [0, 0.1) is 11.7 Å². The van der Waals surface area contributed by atoms with Crippen molar-refractivity contribution in [1.82, 2.24) is 10.3 Å². The monoisotopic (exact) mass is 238 g/mol. The van der Waals surface area contributed by atoms with Crippen LogP contribution in [-0.2, 0) is 0 Å². The van der Waals surface area contributed by atoms with Gasteiger partial charge in [0, 0.05) is 31.6 Å². The van der Waals surface area contributed by atoms with Crippen molar-refractivity contribution in [2.45, 2.75) is 24.5 Å². The standard InChI is InChI=1S/C12H15FN2O2/c13-10-2-1-3-15-11(10)17-9-4-8-6-14-7-12(8,16)5-9/h1-3,8-9,14,16H,4-7H2/t8-,9+,12-/m1/s1. The number of nitrogens with one attached hydrogen (secondary N) is 1. The summed E-state index contributed by atoms with van der Waals surface area (Å²) >= 11 is 0. The van der Waals surface area contributed by atoms with Crippen molar-refractivity contribution >= 4 is 0 Å². The molecule has 0 bridgehead atoms. The highest BCUT2D eigenvalue weighted by atomic mass is 19.1. The summed E-state index contributed by atoms with van der Waals surface area (Å²) in [5, 5.41) is 13.5. The zero-order valence-electron chi connectivity index (χ0n) is 9.40. The van der Waals surface area contributed by atoms with E-state index in [1.807, 2.05) is 0 Å². The fourth-order valence-corrected chi connectivity index (χ4v) is 2.84. The zero-order valence-corrected chi connectivity index (χ0v) is 9.40. The van der Waals surface area contributed by atoms with Gasteiger partial charge in [-0.15, -0.1) is 0 Å². The normalized spacial score (nSPS) is 35.9. The van der Waals surface area contributed by atoms with E-state index in [9.17, 15) is 9.50 Å². The van der Waals surface area contributed by atoms with Gasteiger partial charge in [0.05, 0.1) is 5.60 Å². The minimum atomic E-state index is -0.685. The van der Waals surface area contributed by atoms with E-state index in [1.165, 1.54) is 18.3 Å². The average Bonchev–Trinajstić information content (AvgIpc) is 2.76. The number of halogens is 1. The maximum atomic E-state index is 13.4. The van der Waals surface area contributed by atoms with Gasteiger partial charge in [-0.25, -0.2) is 9.37 Å². The second-order valence-corrected chi connectivity index (χ2v) is 4.90. The van der Waals surface area contributed by atoms with E-state index in [2.05, 4.69) is 10.3 Å². The summed E-state index contributed by atoms with van der Waals surface area (Å²) in [6.45, 7) is 1.41. The van der Waals surface area contributed by atoms with E-state index >= 15 is 0 Å². The van der Waals surface area contributed by atoms with Crippen molar-refractivity contribution in [2.75, 3.05) is 13.1 Å². The van der Waals surface area contributed by atoms with E-state index in [-0.39, 0.29) is 17.9 Å². The third kappa shape index (κ3) is 1.89. The first-order chi connectivity index (χ1) is 8.17. The topological polar surface area (TPSA) is 54.4 Å². The number of pyridine rings is 1. The lowest BCUT2D eigenvalue weighted by molar-refractivity contribution is 0.0297. The Kier molecular flexibility index (Phi) is 2.52. The Balaban J connectivity index is 1.71. The summed E-state index contributed by atoms with van der Waals surface area (Å²) in [4.78, 5) is 3.86. The molecule has 0 amide bonds. The van der Waals surface area contributed by atoms with Gasteiger partial charge in [-0.1, -0.05) is 0 Å². The summed E-state index contributed by atoms with van der Waals surface area (Å²) in [5.74, 6) is -0.206. The molecule has 1 aromatic heterocycles. The van der Waals surface area contributed by atoms with Crippen molar-refractivity contribution in [3.8, 4) is 5.88 Å². The highest BCUT2D eigenvalue weighted by Gasteiger charge is 2.50. The second-order valence-electron chi connectivity index (χ2n) is 4.90. The molecule has 1 aliphatic heterocycles. The third-order valence-electron chi connectivity index (χ3n) is 3.71. The van der Waals surface area contributed by atoms with Crippen LogP contribution >= 0.6 is 0 Å². The molecule has 1 saturated carbocycles. The fourth-order valence-electron chi connectivity index (χ4n) is 2.84. The SMILES string of the molecule is O[C@]12CNC[C@H]1C[C@H](Oc1ncccc1F)C2. The number of rotatable bonds is 2. The van der Waals surface area contributed by atoms with Crippen LogP contribution in [0.1, 0.15) is 12.8 Å². The molecule has 3 atom stereocenters. The van der Waals surface area contributed by atoms with E-state index < -0.39 is 11.4 Å². The highest BCUT2D eigenvalue weighted by Crippen LogP contribution is 2.39. The first-order valence-corrected chi connectivity index (χ1v) is 5.88. The molecule has 3 rings (SSSR count). The molecule has 2 heterocycles. The van der Waals surface area contributed by atoms with Crippen LogP contribution in [0.2, 0.25) is 0 Å². The van der Waals surface area contributed by atoms with Crippen molar-refractivity contribution in [1.29, 1.82) is 0 Å². The van der Waals surface area contributed by atoms with Crippen LogP contribution < -0.4 is 10.1 Å². The van der Waals surface area contributed by atoms with Gasteiger partial charge >= 0.3 is 0 Å². The molecule has 0 unspecified atom stereocenters. The summed E-state index contributed by atoms with van der Waals surface area (Å²) in [6, 6.07) is 2.86. The molecule has 0 aromatic carbocycles. The molecule has 2 aliphatic rings. The van der Waals surface area contributed by atoms with Gasteiger partial charge in [-0.05, 0) is 18.6 Å². The Morgan fingerprint density at radius 1 is 1.59 bits per heavy atom. The minimum absolute atomic E-state index is 0.0361. The van der Waals surface area contributed by atoms with Crippen molar-refractivity contribution in [2.24, 2.45) is 5.92 Å². The number of β-amino-alcohol motifs (C(OH)–C–C–N with tert-alkyl or cyclic N) is 1. The van der Waals surface area contributed by atoms with E-state index in [1.54, 1.807) is 0 Å². The predicted octanol–water partition coefficient (Wildman–Crippen LogP) is 0.712. The summed E-state index contributed by atoms with van der Waals surface area (Å²) in [5.41, 5.74) is -0.685. The number of aromatic nitrogens is 1. The predicted molar refractivity (Wildman–Crippen MR) is 59.2 cm³/mol. The molecule has 2 N–H and O–H groups in total. The largest absolute Gasteiger partial charge is 0.472 e. The van der Waals surface area contributed by atoms with Crippen molar-refractivity contribution in [3.05, 3.63) is 24.1 Å². The zero-order chi connectivity index (χ0) is 11.9. The lowest BCUT2D eigenvalue weighted by Crippen LogP contribution is -2.34. The van der Waals surface area contributed by atoms with Gasteiger partial charge < -0.3 is 15.2 Å². The van der Waals surface area contributed by atoms with Crippen LogP contribution in [0.25, 0.3) is 0 Å². The highest BCUT2D eigenvalue weighted by molar-refractivity contribution is 5.14. The van der Waals surface area contributed by atoms with Gasteiger partial charge in [0.25, 0.3) is 5.88 Å². The number of fused-ring (bicyclic) bond motifs is 1. The molecule has 0 spiro atoms. The minimum Gasteiger partial charge on any atom is -0.472 e. The first kappa shape index (κ1) is 10.9. The Bertz CT molecular complexity index is 429. The van der Waals surface area contributed by atoms with Crippen LogP contribution in [0.5, 0.6) is 5.88 Å². The lowest BCUT2D eigenvalue weighted by Gasteiger charge is -2.20. The Morgan fingerprint density at radius 2 is 2.47 bits per heavy atom. The summed E-state index contributed by atoms with van der Waals surface area (Å²) < 4.78 is 18.9. The smallest absolute Gasteiger partial charge is 0.250 e. The van der Waals surface area contributed by atoms with E-state index in [4.69, 9.17) is 4.74 Å². The molecule has 17 heavy (non-hydrogen) atoms. The van der Waals surface area contributed by atoms with Gasteiger partial charge in [0.15, 0.2) is 5.82 Å². The van der Waals surface area contributed by atoms with Gasteiger partial charge in [0.1, 0.15) is 6.10 Å². The number of aliphatic hydroxyl groups is 1. The third-order valence-corrected chi connectivity index (χ3v) is 3.71. The van der Waals surface area contributed by atoms with Crippen molar-refractivity contribution < 1.29 is 14.2 Å². The Hall–Kier alpha value is -1.20. The number of ether oxygens (including phenoxy) is 1. The van der Waals surface area contributed by atoms with Crippen LogP contribution in [-0.4, -0.2) is 34.9 Å². The van der Waals surface area contributed by atoms with Gasteiger partial charge in [-0.3, -0.25) is 0 Å². The molecular formula is C12H15FN2O2. The maximum absolute atomic E-state index is 13.4. The van der Waals surface area contributed by atoms with E-state index in [0.717, 1.165) is 13.0 Å². The second kappa shape index (κ2) is 3.92. The molecule has 1 aromatic rings. The van der Waals surface area contributed by atoms with Gasteiger partial charge in [-0.2, -0.15) is 0 Å². The van der Waals surface area contributed by atoms with E-state index in [0.29, 0.717) is 13.0 Å². The summed E-state index contributed by atoms with van der Waals surface area (Å²) in [6.07, 6.45) is 2.65. The molecule has 92 valence electrons. The molecule has 2 fully saturated rings. The molecule has 1 aliphatic carbocycles. The van der Waals surface area contributed by atoms with Crippen LogP contribution in [0.3, 0.4) is 0 Å². The number of hydrogen-bond acceptors (Lipinski definition) is 4. The average molecular weight is 238 g/mol. The fraction of sp³-hybridized carbons (Fsp3) is 0.583. The first-order valence-electron chi connectivity index (χ1n) is 5.88. The number of hydrogen-bond donors (Lipinski definition) is 2.